The van der Waals surface area contributed by atoms with Gasteiger partial charge in [0.1, 0.15) is 0 Å². The fourth-order valence-electron chi connectivity index (χ4n) is 0.719. The first-order valence-corrected chi connectivity index (χ1v) is 3.06. The second-order valence-corrected chi connectivity index (χ2v) is 2.03. The van der Waals surface area contributed by atoms with Crippen LogP contribution >= 0.6 is 0 Å². The van der Waals surface area contributed by atoms with Crippen LogP contribution in [0.4, 0.5) is 5.69 Å². The highest BCUT2D eigenvalue weighted by Crippen LogP contribution is 2.12. The molecule has 0 fully saturated rings. The van der Waals surface area contributed by atoms with Gasteiger partial charge in [-0.1, -0.05) is 0 Å². The summed E-state index contributed by atoms with van der Waals surface area (Å²) in [5, 5.41) is 10.2. The molecular formula is C6H6N2O4. The lowest BCUT2D eigenvalue weighted by molar-refractivity contribution is -0.385. The summed E-state index contributed by atoms with van der Waals surface area (Å²) in [6.45, 7) is 0. The van der Waals surface area contributed by atoms with Gasteiger partial charge in [0, 0.05) is 0 Å². The van der Waals surface area contributed by atoms with Gasteiger partial charge in [0.2, 0.25) is 0 Å². The maximum absolute atomic E-state index is 10.7. The molecule has 0 amide bonds. The molecule has 1 rings (SSSR count). The van der Waals surface area contributed by atoms with E-state index in [-0.39, 0.29) is 11.6 Å². The van der Waals surface area contributed by atoms with Gasteiger partial charge in [0.05, 0.1) is 24.2 Å². The van der Waals surface area contributed by atoms with E-state index in [0.29, 0.717) is 0 Å². The molecule has 1 heterocycles. The Bertz CT molecular complexity index is 357. The second kappa shape index (κ2) is 3.04. The van der Waals surface area contributed by atoms with Gasteiger partial charge in [0.15, 0.2) is 5.88 Å². The number of hydrogen-bond donors (Lipinski definition) is 1. The highest BCUT2D eigenvalue weighted by molar-refractivity contribution is 5.32. The van der Waals surface area contributed by atoms with Crippen molar-refractivity contribution in [2.45, 2.75) is 0 Å². The molecule has 12 heavy (non-hydrogen) atoms. The minimum atomic E-state index is -0.655. The molecule has 1 aromatic heterocycles. The lowest BCUT2D eigenvalue weighted by atomic mass is 10.4. The van der Waals surface area contributed by atoms with Gasteiger partial charge in [-0.3, -0.25) is 19.9 Å². The van der Waals surface area contributed by atoms with Crippen molar-refractivity contribution in [3.63, 3.8) is 0 Å². The van der Waals surface area contributed by atoms with Crippen molar-refractivity contribution < 1.29 is 9.66 Å². The number of nitro groups is 1. The Balaban J connectivity index is 3.24. The van der Waals surface area contributed by atoms with Crippen LogP contribution < -0.4 is 10.3 Å². The molecule has 0 aliphatic heterocycles. The van der Waals surface area contributed by atoms with E-state index >= 15 is 0 Å². The molecule has 0 aromatic carbocycles. The Morgan fingerprint density at radius 2 is 2.25 bits per heavy atom. The zero-order chi connectivity index (χ0) is 9.14. The summed E-state index contributed by atoms with van der Waals surface area (Å²) in [5.74, 6) is 0.0780. The molecule has 0 saturated carbocycles. The normalized spacial score (nSPS) is 9.42. The van der Waals surface area contributed by atoms with E-state index < -0.39 is 10.5 Å². The van der Waals surface area contributed by atoms with E-state index in [9.17, 15) is 14.9 Å². The van der Waals surface area contributed by atoms with Crippen LogP contribution in [0.15, 0.2) is 16.9 Å². The average molecular weight is 170 g/mol. The number of ether oxygens (including phenoxy) is 1. The Morgan fingerprint density at radius 1 is 1.58 bits per heavy atom. The largest absolute Gasteiger partial charge is 0.482 e. The number of H-pyrrole nitrogens is 1. The number of hydrogen-bond acceptors (Lipinski definition) is 4. The van der Waals surface area contributed by atoms with E-state index in [1.807, 2.05) is 0 Å². The molecule has 0 radical (unpaired) electrons. The SMILES string of the molecule is COc1cc([N+](=O)[O-])cc(=O)[nH]1. The third kappa shape index (κ3) is 1.60. The molecular weight excluding hydrogens is 164 g/mol. The highest BCUT2D eigenvalue weighted by atomic mass is 16.6. The topological polar surface area (TPSA) is 85.2 Å². The molecule has 6 heteroatoms. The Labute approximate surface area is 66.9 Å². The average Bonchev–Trinajstić information content (AvgIpc) is 2.03. The standard InChI is InChI=1S/C6H6N2O4/c1-12-6-3-4(8(10)11)2-5(9)7-6/h2-3H,1H3,(H,7,9). The van der Waals surface area contributed by atoms with Crippen molar-refractivity contribution in [2.75, 3.05) is 7.11 Å². The Morgan fingerprint density at radius 3 is 2.75 bits per heavy atom. The van der Waals surface area contributed by atoms with Crippen LogP contribution in [0.5, 0.6) is 5.88 Å². The number of methoxy groups -OCH3 is 1. The van der Waals surface area contributed by atoms with E-state index in [4.69, 9.17) is 0 Å². The van der Waals surface area contributed by atoms with Crippen LogP contribution in [0, 0.1) is 10.1 Å². The van der Waals surface area contributed by atoms with Crippen molar-refractivity contribution in [3.8, 4) is 5.88 Å². The first-order chi connectivity index (χ1) is 5.63. The summed E-state index contributed by atoms with van der Waals surface area (Å²) in [4.78, 5) is 22.6. The number of aromatic nitrogens is 1. The molecule has 0 saturated heterocycles. The minimum absolute atomic E-state index is 0.0780. The molecule has 0 aliphatic rings. The first-order valence-electron chi connectivity index (χ1n) is 3.06. The van der Waals surface area contributed by atoms with Crippen molar-refractivity contribution >= 4 is 5.69 Å². The Kier molecular flexibility index (Phi) is 2.09. The first kappa shape index (κ1) is 8.25. The van der Waals surface area contributed by atoms with Crippen LogP contribution in [0.2, 0.25) is 0 Å². The third-order valence-electron chi connectivity index (χ3n) is 1.24. The summed E-state index contributed by atoms with van der Waals surface area (Å²) in [5.41, 5.74) is -0.836. The van der Waals surface area contributed by atoms with Gasteiger partial charge in [-0.05, 0) is 0 Å². The molecule has 1 aromatic rings. The maximum atomic E-state index is 10.7. The molecule has 0 spiro atoms. The Hall–Kier alpha value is -1.85. The molecule has 6 nitrogen and oxygen atoms in total. The number of aromatic amines is 1. The zero-order valence-electron chi connectivity index (χ0n) is 6.23. The summed E-state index contributed by atoms with van der Waals surface area (Å²) >= 11 is 0. The fourth-order valence-corrected chi connectivity index (χ4v) is 0.719. The fraction of sp³-hybridized carbons (Fsp3) is 0.167. The number of rotatable bonds is 2. The lowest BCUT2D eigenvalue weighted by Crippen LogP contribution is -2.06. The van der Waals surface area contributed by atoms with Crippen molar-refractivity contribution in [1.82, 2.24) is 4.98 Å². The molecule has 64 valence electrons. The molecule has 1 N–H and O–H groups in total. The monoisotopic (exact) mass is 170 g/mol. The van der Waals surface area contributed by atoms with Gasteiger partial charge in [-0.2, -0.15) is 0 Å². The van der Waals surface area contributed by atoms with Crippen molar-refractivity contribution in [2.24, 2.45) is 0 Å². The van der Waals surface area contributed by atoms with Gasteiger partial charge >= 0.3 is 0 Å². The third-order valence-corrected chi connectivity index (χ3v) is 1.24. The quantitative estimate of drug-likeness (QED) is 0.510. The smallest absolute Gasteiger partial charge is 0.280 e. The van der Waals surface area contributed by atoms with Crippen LogP contribution in [0.1, 0.15) is 0 Å². The minimum Gasteiger partial charge on any atom is -0.482 e. The predicted octanol–water partition coefficient (Wildman–Crippen LogP) is 0.292. The summed E-state index contributed by atoms with van der Waals surface area (Å²) in [7, 11) is 1.31. The number of pyridine rings is 1. The van der Waals surface area contributed by atoms with Gasteiger partial charge < -0.3 is 4.74 Å². The van der Waals surface area contributed by atoms with E-state index in [1.54, 1.807) is 0 Å². The van der Waals surface area contributed by atoms with Gasteiger partial charge in [-0.25, -0.2) is 0 Å². The summed E-state index contributed by atoms with van der Waals surface area (Å²) in [6, 6.07) is 2.03. The lowest BCUT2D eigenvalue weighted by Gasteiger charge is -1.96. The molecule has 0 aliphatic carbocycles. The van der Waals surface area contributed by atoms with Crippen LogP contribution in [-0.4, -0.2) is 17.0 Å². The van der Waals surface area contributed by atoms with Crippen molar-refractivity contribution in [1.29, 1.82) is 0 Å². The van der Waals surface area contributed by atoms with Crippen LogP contribution in [0.25, 0.3) is 0 Å². The summed E-state index contributed by atoms with van der Waals surface area (Å²) < 4.78 is 4.63. The van der Waals surface area contributed by atoms with E-state index in [2.05, 4.69) is 9.72 Å². The van der Waals surface area contributed by atoms with Crippen LogP contribution in [0.3, 0.4) is 0 Å². The van der Waals surface area contributed by atoms with Gasteiger partial charge in [0.25, 0.3) is 11.2 Å². The zero-order valence-corrected chi connectivity index (χ0v) is 6.23. The van der Waals surface area contributed by atoms with Crippen molar-refractivity contribution in [3.05, 3.63) is 32.6 Å². The second-order valence-electron chi connectivity index (χ2n) is 2.03. The van der Waals surface area contributed by atoms with Crippen LogP contribution in [-0.2, 0) is 0 Å². The van der Waals surface area contributed by atoms with Gasteiger partial charge in [-0.15, -0.1) is 0 Å². The highest BCUT2D eigenvalue weighted by Gasteiger charge is 2.08. The maximum Gasteiger partial charge on any atom is 0.280 e. The number of nitrogens with one attached hydrogen (secondary N) is 1. The molecule has 0 atom stereocenters. The molecule has 0 bridgehead atoms. The predicted molar refractivity (Wildman–Crippen MR) is 40.3 cm³/mol. The summed E-state index contributed by atoms with van der Waals surface area (Å²) in [6.07, 6.45) is 0. The van der Waals surface area contributed by atoms with E-state index in [1.165, 1.54) is 7.11 Å². The molecule has 0 unspecified atom stereocenters. The van der Waals surface area contributed by atoms with E-state index in [0.717, 1.165) is 12.1 Å². The number of nitrogens with zero attached hydrogens (tertiary/aromatic N) is 1.